The van der Waals surface area contributed by atoms with Gasteiger partial charge >= 0.3 is 6.03 Å². The maximum absolute atomic E-state index is 13.5. The van der Waals surface area contributed by atoms with E-state index in [9.17, 15) is 13.2 Å². The lowest BCUT2D eigenvalue weighted by molar-refractivity contribution is 0.201. The van der Waals surface area contributed by atoms with Crippen LogP contribution in [0, 0.1) is 0 Å². The molecule has 33 heavy (non-hydrogen) atoms. The number of likely N-dealkylation sites (tertiary alicyclic amines) is 1. The molecule has 2 amide bonds. The molecule has 0 saturated carbocycles. The average Bonchev–Trinajstić information content (AvgIpc) is 3.45. The van der Waals surface area contributed by atoms with E-state index in [1.807, 2.05) is 23.1 Å². The number of aliphatic hydroxyl groups is 1. The fraction of sp³-hybridized carbons (Fsp3) is 0.391. The molecule has 0 unspecified atom stereocenters. The van der Waals surface area contributed by atoms with Crippen molar-refractivity contribution in [3.05, 3.63) is 59.1 Å². The van der Waals surface area contributed by atoms with Crippen LogP contribution in [-0.4, -0.2) is 73.7 Å². The summed E-state index contributed by atoms with van der Waals surface area (Å²) in [5, 5.41) is 9.62. The van der Waals surface area contributed by atoms with Crippen LogP contribution in [0.15, 0.2) is 48.5 Å². The molecular weight excluding hydrogens is 466 g/mol. The first kappa shape index (κ1) is 23.6. The van der Waals surface area contributed by atoms with Crippen LogP contribution in [-0.2, 0) is 10.3 Å². The van der Waals surface area contributed by atoms with Crippen LogP contribution < -0.4 is 9.64 Å². The molecule has 0 radical (unpaired) electrons. The molecule has 2 heterocycles. The summed E-state index contributed by atoms with van der Waals surface area (Å²) in [7, 11) is -2.41. The topological polar surface area (TPSA) is 90.4 Å². The number of nitrogens with zero attached hydrogens (tertiary/aromatic N) is 3. The van der Waals surface area contributed by atoms with Gasteiger partial charge in [0, 0.05) is 30.3 Å². The van der Waals surface area contributed by atoms with Crippen LogP contribution in [0.5, 0.6) is 5.75 Å². The molecule has 1 N–H and O–H groups in total. The average molecular weight is 492 g/mol. The van der Waals surface area contributed by atoms with E-state index >= 15 is 0 Å². The van der Waals surface area contributed by atoms with E-state index in [1.54, 1.807) is 40.1 Å². The molecule has 2 aliphatic heterocycles. The van der Waals surface area contributed by atoms with Crippen molar-refractivity contribution in [2.24, 2.45) is 0 Å². The molecule has 0 aliphatic carbocycles. The quantitative estimate of drug-likeness (QED) is 0.599. The van der Waals surface area contributed by atoms with Crippen molar-refractivity contribution in [2.45, 2.75) is 18.9 Å². The lowest BCUT2D eigenvalue weighted by Crippen LogP contribution is -2.41. The third kappa shape index (κ3) is 5.33. The number of anilines is 1. The van der Waals surface area contributed by atoms with Crippen LogP contribution in [0.25, 0.3) is 0 Å². The molecule has 4 rings (SSSR count). The van der Waals surface area contributed by atoms with Crippen molar-refractivity contribution in [3.8, 4) is 5.75 Å². The van der Waals surface area contributed by atoms with Crippen LogP contribution >= 0.6 is 11.6 Å². The van der Waals surface area contributed by atoms with E-state index in [4.69, 9.17) is 21.4 Å². The van der Waals surface area contributed by atoms with E-state index in [-0.39, 0.29) is 36.8 Å². The first-order valence-corrected chi connectivity index (χ1v) is 12.3. The van der Waals surface area contributed by atoms with Gasteiger partial charge in [-0.2, -0.15) is 8.42 Å². The number of hydrogen-bond donors (Lipinski definition) is 1. The Morgan fingerprint density at radius 1 is 1.12 bits per heavy atom. The number of aliphatic hydroxyl groups excluding tert-OH is 1. The molecule has 0 bridgehead atoms. The SMILES string of the molecule is O=C1N(CC(N2CCCC2)=S(=O)=O)C[C@H](c2cccc(OCCO)c2)N1c1ccc(Cl)cc1. The highest BCUT2D eigenvalue weighted by atomic mass is 35.5. The molecule has 2 saturated heterocycles. The zero-order valence-corrected chi connectivity index (χ0v) is 19.6. The molecule has 2 aromatic rings. The third-order valence-electron chi connectivity index (χ3n) is 5.87. The van der Waals surface area contributed by atoms with Crippen LogP contribution in [0.3, 0.4) is 0 Å². The van der Waals surface area contributed by atoms with Gasteiger partial charge in [0.15, 0.2) is 0 Å². The zero-order valence-electron chi connectivity index (χ0n) is 18.1. The minimum Gasteiger partial charge on any atom is -0.491 e. The van der Waals surface area contributed by atoms with Crippen LogP contribution in [0.2, 0.25) is 5.02 Å². The van der Waals surface area contributed by atoms with E-state index in [0.29, 0.717) is 36.1 Å². The summed E-state index contributed by atoms with van der Waals surface area (Å²) in [5.74, 6) is 0.591. The number of amides is 2. The molecule has 8 nitrogen and oxygen atoms in total. The largest absolute Gasteiger partial charge is 0.491 e. The van der Waals surface area contributed by atoms with E-state index in [2.05, 4.69) is 0 Å². The fourth-order valence-corrected chi connectivity index (χ4v) is 5.08. The molecule has 2 aromatic carbocycles. The Hall–Kier alpha value is -2.59. The minimum absolute atomic E-state index is 0.0240. The van der Waals surface area contributed by atoms with Crippen molar-refractivity contribution in [2.75, 3.05) is 44.3 Å². The number of rotatable bonds is 7. The normalized spacial score (nSPS) is 18.7. The predicted octanol–water partition coefficient (Wildman–Crippen LogP) is 2.80. The number of carbonyl (C=O) groups excluding carboxylic acids is 1. The van der Waals surface area contributed by atoms with Gasteiger partial charge in [0.25, 0.3) is 0 Å². The second kappa shape index (κ2) is 10.6. The van der Waals surface area contributed by atoms with Gasteiger partial charge in [-0.05, 0) is 54.8 Å². The summed E-state index contributed by atoms with van der Waals surface area (Å²) in [6.45, 7) is 1.78. The van der Waals surface area contributed by atoms with Crippen molar-refractivity contribution in [3.63, 3.8) is 0 Å². The maximum Gasteiger partial charge on any atom is 0.325 e. The smallest absolute Gasteiger partial charge is 0.325 e. The molecular formula is C23H26ClN3O5S. The van der Waals surface area contributed by atoms with Gasteiger partial charge in [0.1, 0.15) is 17.3 Å². The first-order valence-electron chi connectivity index (χ1n) is 10.9. The summed E-state index contributed by atoms with van der Waals surface area (Å²) in [6, 6.07) is 13.8. The lowest BCUT2D eigenvalue weighted by Gasteiger charge is -2.24. The third-order valence-corrected chi connectivity index (χ3v) is 6.89. The highest BCUT2D eigenvalue weighted by molar-refractivity contribution is 7.72. The summed E-state index contributed by atoms with van der Waals surface area (Å²) in [5.41, 5.74) is 1.52. The van der Waals surface area contributed by atoms with Crippen molar-refractivity contribution < 1.29 is 23.1 Å². The maximum atomic E-state index is 13.5. The first-order chi connectivity index (χ1) is 16.0. The highest BCUT2D eigenvalue weighted by Gasteiger charge is 2.40. The summed E-state index contributed by atoms with van der Waals surface area (Å²) >= 11 is 6.05. The number of hydrogen-bond acceptors (Lipinski definition) is 5. The second-order valence-electron chi connectivity index (χ2n) is 7.99. The number of ether oxygens (including phenoxy) is 1. The molecule has 10 heteroatoms. The molecule has 2 aliphatic rings. The van der Waals surface area contributed by atoms with Gasteiger partial charge in [-0.25, -0.2) is 4.79 Å². The van der Waals surface area contributed by atoms with Crippen molar-refractivity contribution in [1.82, 2.24) is 9.80 Å². The molecule has 176 valence electrons. The Kier molecular flexibility index (Phi) is 7.54. The van der Waals surface area contributed by atoms with Gasteiger partial charge in [0.05, 0.1) is 19.2 Å². The van der Waals surface area contributed by atoms with Gasteiger partial charge in [-0.3, -0.25) is 9.80 Å². The Morgan fingerprint density at radius 3 is 2.52 bits per heavy atom. The summed E-state index contributed by atoms with van der Waals surface area (Å²) in [4.78, 5) is 18.9. The highest BCUT2D eigenvalue weighted by Crippen LogP contribution is 2.36. The second-order valence-corrected chi connectivity index (χ2v) is 9.37. The molecule has 1 atom stereocenters. The molecule has 2 fully saturated rings. The standard InChI is InChI=1S/C23H26ClN3O5S/c24-18-6-8-19(9-7-18)27-21(17-4-3-5-20(14-17)32-13-12-28)15-26(23(27)29)16-22(33(30)31)25-10-1-2-11-25/h3-9,14,21,28H,1-2,10-13,15-16H2/t21-/m1/s1. The van der Waals surface area contributed by atoms with Crippen LogP contribution in [0.1, 0.15) is 24.4 Å². The Labute approximate surface area is 199 Å². The van der Waals surface area contributed by atoms with Crippen LogP contribution in [0.4, 0.5) is 10.5 Å². The number of halogens is 1. The number of benzene rings is 2. The molecule has 0 aromatic heterocycles. The zero-order chi connectivity index (χ0) is 23.4. The summed E-state index contributed by atoms with van der Waals surface area (Å²) < 4.78 is 29.5. The van der Waals surface area contributed by atoms with E-state index in [1.165, 1.54) is 0 Å². The number of urea groups is 1. The molecule has 0 spiro atoms. The predicted molar refractivity (Wildman–Crippen MR) is 127 cm³/mol. The van der Waals surface area contributed by atoms with E-state index < -0.39 is 10.3 Å². The Balaban J connectivity index is 1.67. The summed E-state index contributed by atoms with van der Waals surface area (Å²) in [6.07, 6.45) is 1.88. The van der Waals surface area contributed by atoms with E-state index in [0.717, 1.165) is 18.4 Å². The van der Waals surface area contributed by atoms with Crippen molar-refractivity contribution in [1.29, 1.82) is 0 Å². The van der Waals surface area contributed by atoms with Crippen molar-refractivity contribution >= 4 is 38.6 Å². The lowest BCUT2D eigenvalue weighted by atomic mass is 10.1. The fourth-order valence-electron chi connectivity index (χ4n) is 4.30. The van der Waals surface area contributed by atoms with Gasteiger partial charge < -0.3 is 14.7 Å². The van der Waals surface area contributed by atoms with Gasteiger partial charge in [-0.15, -0.1) is 0 Å². The van der Waals surface area contributed by atoms with Gasteiger partial charge in [-0.1, -0.05) is 23.7 Å². The Morgan fingerprint density at radius 2 is 1.85 bits per heavy atom. The minimum atomic E-state index is -2.41. The number of carbonyl (C=O) groups is 1. The Bertz CT molecular complexity index is 1130. The monoisotopic (exact) mass is 491 g/mol. The van der Waals surface area contributed by atoms with Gasteiger partial charge in [0.2, 0.25) is 10.3 Å².